The topological polar surface area (TPSA) is 60.9 Å². The molecule has 2 rings (SSSR count). The van der Waals surface area contributed by atoms with Crippen molar-refractivity contribution in [2.75, 3.05) is 31.6 Å². The fraction of sp³-hybridized carbons (Fsp3) is 0.529. The second kappa shape index (κ2) is 7.29. The van der Waals surface area contributed by atoms with Crippen LogP contribution in [-0.2, 0) is 4.79 Å². The van der Waals surface area contributed by atoms with Gasteiger partial charge in [0.2, 0.25) is 0 Å². The fourth-order valence-electron chi connectivity index (χ4n) is 2.87. The van der Waals surface area contributed by atoms with Crippen molar-refractivity contribution >= 4 is 17.6 Å². The van der Waals surface area contributed by atoms with Crippen molar-refractivity contribution in [3.8, 4) is 0 Å². The number of carboxylic acids is 1. The minimum atomic E-state index is -0.811. The molecule has 120 valence electrons. The molecular weight excluding hydrogens is 280 g/mol. The number of piperidine rings is 1. The Morgan fingerprint density at radius 2 is 2.00 bits per heavy atom. The van der Waals surface area contributed by atoms with E-state index >= 15 is 0 Å². The number of anilines is 1. The number of benzene rings is 1. The summed E-state index contributed by atoms with van der Waals surface area (Å²) in [6, 6.07) is 7.55. The number of carboxylic acid groups (broad SMARTS) is 1. The second-order valence-electron chi connectivity index (χ2n) is 5.90. The summed E-state index contributed by atoms with van der Waals surface area (Å²) in [6.07, 6.45) is 2.47. The van der Waals surface area contributed by atoms with E-state index in [4.69, 9.17) is 5.11 Å². The number of carbonyl (C=O) groups is 2. The van der Waals surface area contributed by atoms with Gasteiger partial charge in [0.15, 0.2) is 0 Å². The zero-order valence-corrected chi connectivity index (χ0v) is 13.3. The van der Waals surface area contributed by atoms with E-state index < -0.39 is 11.9 Å². The van der Waals surface area contributed by atoms with Crippen LogP contribution in [0.4, 0.5) is 5.69 Å². The van der Waals surface area contributed by atoms with E-state index in [0.717, 1.165) is 25.1 Å². The van der Waals surface area contributed by atoms with Gasteiger partial charge in [0.05, 0.1) is 5.92 Å². The van der Waals surface area contributed by atoms with Gasteiger partial charge in [0, 0.05) is 37.9 Å². The van der Waals surface area contributed by atoms with Crippen molar-refractivity contribution in [3.05, 3.63) is 29.8 Å². The first-order valence-corrected chi connectivity index (χ1v) is 7.86. The van der Waals surface area contributed by atoms with Gasteiger partial charge in [-0.15, -0.1) is 0 Å². The lowest BCUT2D eigenvalue weighted by Gasteiger charge is -2.30. The summed E-state index contributed by atoms with van der Waals surface area (Å²) in [5.74, 6) is -1.32. The smallest absolute Gasteiger partial charge is 0.308 e. The van der Waals surface area contributed by atoms with Gasteiger partial charge in [-0.05, 0) is 43.5 Å². The summed E-state index contributed by atoms with van der Waals surface area (Å²) in [5, 5.41) is 9.11. The van der Waals surface area contributed by atoms with Crippen molar-refractivity contribution in [2.45, 2.75) is 26.2 Å². The summed E-state index contributed by atoms with van der Waals surface area (Å²) in [5.41, 5.74) is 1.71. The molecule has 1 heterocycles. The number of rotatable bonds is 5. The van der Waals surface area contributed by atoms with Crippen LogP contribution in [0, 0.1) is 5.92 Å². The van der Waals surface area contributed by atoms with Crippen molar-refractivity contribution < 1.29 is 14.7 Å². The summed E-state index contributed by atoms with van der Waals surface area (Å²) in [7, 11) is 2.03. The van der Waals surface area contributed by atoms with Crippen LogP contribution in [0.3, 0.4) is 0 Å². The maximum atomic E-state index is 12.5. The van der Waals surface area contributed by atoms with Gasteiger partial charge < -0.3 is 14.9 Å². The van der Waals surface area contributed by atoms with E-state index in [2.05, 4.69) is 11.8 Å². The molecule has 1 aliphatic heterocycles. The van der Waals surface area contributed by atoms with Gasteiger partial charge >= 0.3 is 5.97 Å². The van der Waals surface area contributed by atoms with Crippen LogP contribution < -0.4 is 4.90 Å². The predicted molar refractivity (Wildman–Crippen MR) is 86.3 cm³/mol. The summed E-state index contributed by atoms with van der Waals surface area (Å²) >= 11 is 0. The number of amides is 1. The Morgan fingerprint density at radius 3 is 2.59 bits per heavy atom. The predicted octanol–water partition coefficient (Wildman–Crippen LogP) is 2.47. The Bertz CT molecular complexity index is 527. The average molecular weight is 304 g/mol. The maximum absolute atomic E-state index is 12.5. The minimum absolute atomic E-state index is 0.0735. The van der Waals surface area contributed by atoms with E-state index in [1.165, 1.54) is 0 Å². The van der Waals surface area contributed by atoms with Crippen molar-refractivity contribution in [3.63, 3.8) is 0 Å². The van der Waals surface area contributed by atoms with Gasteiger partial charge in [-0.25, -0.2) is 0 Å². The summed E-state index contributed by atoms with van der Waals surface area (Å²) in [6.45, 7) is 4.05. The van der Waals surface area contributed by atoms with E-state index in [9.17, 15) is 9.59 Å². The van der Waals surface area contributed by atoms with Crippen molar-refractivity contribution in [2.24, 2.45) is 5.92 Å². The zero-order chi connectivity index (χ0) is 16.1. The highest BCUT2D eigenvalue weighted by Crippen LogP contribution is 2.20. The highest BCUT2D eigenvalue weighted by molar-refractivity contribution is 5.95. The molecule has 5 heteroatoms. The number of carbonyl (C=O) groups excluding carboxylic acids is 1. The minimum Gasteiger partial charge on any atom is -0.481 e. The summed E-state index contributed by atoms with van der Waals surface area (Å²) in [4.78, 5) is 27.4. The Morgan fingerprint density at radius 1 is 1.32 bits per heavy atom. The molecule has 0 spiro atoms. The molecule has 1 saturated heterocycles. The van der Waals surface area contributed by atoms with Gasteiger partial charge in [0.25, 0.3) is 5.91 Å². The number of nitrogens with zero attached hydrogens (tertiary/aromatic N) is 2. The third kappa shape index (κ3) is 3.78. The normalized spacial score (nSPS) is 18.1. The third-order valence-corrected chi connectivity index (χ3v) is 4.17. The molecule has 5 nitrogen and oxygen atoms in total. The van der Waals surface area contributed by atoms with Crippen LogP contribution in [0.5, 0.6) is 0 Å². The Hall–Kier alpha value is -2.04. The van der Waals surface area contributed by atoms with Gasteiger partial charge in [0.1, 0.15) is 0 Å². The van der Waals surface area contributed by atoms with Crippen molar-refractivity contribution in [1.82, 2.24) is 4.90 Å². The summed E-state index contributed by atoms with van der Waals surface area (Å²) < 4.78 is 0. The molecule has 1 amide bonds. The molecule has 0 saturated carbocycles. The Kier molecular flexibility index (Phi) is 5.41. The SMILES string of the molecule is CCCN(C)c1ccc(C(=O)N2CCCC(C(=O)O)C2)cc1. The molecule has 1 aliphatic rings. The highest BCUT2D eigenvalue weighted by atomic mass is 16.4. The van der Waals surface area contributed by atoms with Crippen LogP contribution in [0.2, 0.25) is 0 Å². The van der Waals surface area contributed by atoms with Crippen molar-refractivity contribution in [1.29, 1.82) is 0 Å². The molecule has 0 aromatic heterocycles. The first-order valence-electron chi connectivity index (χ1n) is 7.86. The molecule has 1 N–H and O–H groups in total. The Balaban J connectivity index is 2.04. The lowest BCUT2D eigenvalue weighted by Crippen LogP contribution is -2.42. The molecule has 1 unspecified atom stereocenters. The Labute approximate surface area is 131 Å². The van der Waals surface area contributed by atoms with Crippen LogP contribution in [-0.4, -0.2) is 48.6 Å². The average Bonchev–Trinajstić information content (AvgIpc) is 2.54. The first kappa shape index (κ1) is 16.3. The molecule has 0 radical (unpaired) electrons. The molecule has 1 fully saturated rings. The quantitative estimate of drug-likeness (QED) is 0.908. The van der Waals surface area contributed by atoms with Gasteiger partial charge in [-0.3, -0.25) is 9.59 Å². The highest BCUT2D eigenvalue weighted by Gasteiger charge is 2.28. The molecule has 0 aliphatic carbocycles. The number of aliphatic carboxylic acids is 1. The van der Waals surface area contributed by atoms with Crippen LogP contribution in [0.25, 0.3) is 0 Å². The lowest BCUT2D eigenvalue weighted by atomic mass is 9.97. The third-order valence-electron chi connectivity index (χ3n) is 4.17. The van der Waals surface area contributed by atoms with E-state index in [1.54, 1.807) is 4.90 Å². The molecule has 22 heavy (non-hydrogen) atoms. The van der Waals surface area contributed by atoms with E-state index in [1.807, 2.05) is 31.3 Å². The number of hydrogen-bond acceptors (Lipinski definition) is 3. The van der Waals surface area contributed by atoms with Crippen LogP contribution >= 0.6 is 0 Å². The monoisotopic (exact) mass is 304 g/mol. The standard InChI is InChI=1S/C17H24N2O3/c1-3-10-18(2)15-8-6-13(7-9-15)16(20)19-11-4-5-14(12-19)17(21)22/h6-9,14H,3-5,10-12H2,1-2H3,(H,21,22). The van der Waals surface area contributed by atoms with Gasteiger partial charge in [-0.2, -0.15) is 0 Å². The molecular formula is C17H24N2O3. The largest absolute Gasteiger partial charge is 0.481 e. The maximum Gasteiger partial charge on any atom is 0.308 e. The van der Waals surface area contributed by atoms with Crippen LogP contribution in [0.15, 0.2) is 24.3 Å². The molecule has 0 bridgehead atoms. The second-order valence-corrected chi connectivity index (χ2v) is 5.90. The fourth-order valence-corrected chi connectivity index (χ4v) is 2.87. The van der Waals surface area contributed by atoms with Gasteiger partial charge in [-0.1, -0.05) is 6.92 Å². The molecule has 1 aromatic rings. The molecule has 1 atom stereocenters. The van der Waals surface area contributed by atoms with E-state index in [-0.39, 0.29) is 5.91 Å². The zero-order valence-electron chi connectivity index (χ0n) is 13.3. The van der Waals surface area contributed by atoms with Crippen LogP contribution in [0.1, 0.15) is 36.5 Å². The lowest BCUT2D eigenvalue weighted by molar-refractivity contribution is -0.143. The number of hydrogen-bond donors (Lipinski definition) is 1. The van der Waals surface area contributed by atoms with E-state index in [0.29, 0.717) is 25.1 Å². The molecule has 1 aromatic carbocycles. The number of likely N-dealkylation sites (tertiary alicyclic amines) is 1. The first-order chi connectivity index (χ1) is 10.5.